The van der Waals surface area contributed by atoms with Gasteiger partial charge in [-0.1, -0.05) is 43.7 Å². The van der Waals surface area contributed by atoms with Crippen LogP contribution in [0.3, 0.4) is 0 Å². The monoisotopic (exact) mass is 378 g/mol. The first-order valence-corrected chi connectivity index (χ1v) is 9.77. The first-order valence-electron chi connectivity index (χ1n) is 9.77. The molecule has 2 unspecified atom stereocenters. The van der Waals surface area contributed by atoms with Crippen LogP contribution in [-0.4, -0.2) is 44.5 Å². The molecule has 7 heteroatoms. The Bertz CT molecular complexity index is 1010. The molecule has 3 heterocycles. The van der Waals surface area contributed by atoms with Crippen LogP contribution in [0.15, 0.2) is 41.6 Å². The normalized spacial score (nSPS) is 19.2. The van der Waals surface area contributed by atoms with E-state index in [0.717, 1.165) is 19.6 Å². The lowest BCUT2D eigenvalue weighted by atomic mass is 9.94. The Morgan fingerprint density at radius 3 is 2.75 bits per heavy atom. The van der Waals surface area contributed by atoms with Crippen molar-refractivity contribution in [3.8, 4) is 0 Å². The smallest absolute Gasteiger partial charge is 0.262 e. The molecular weight excluding hydrogens is 352 g/mol. The Kier molecular flexibility index (Phi) is 5.19. The van der Waals surface area contributed by atoms with Crippen molar-refractivity contribution in [3.05, 3.63) is 64.1 Å². The van der Waals surface area contributed by atoms with Crippen molar-refractivity contribution in [2.75, 3.05) is 19.6 Å². The molecule has 7 nitrogen and oxygen atoms in total. The number of hydrogen-bond donors (Lipinski definition) is 2. The van der Waals surface area contributed by atoms with Crippen molar-refractivity contribution in [1.29, 1.82) is 0 Å². The third-order valence-corrected chi connectivity index (χ3v) is 5.42. The molecule has 4 rings (SSSR count). The van der Waals surface area contributed by atoms with Crippen molar-refractivity contribution in [2.24, 2.45) is 5.92 Å². The van der Waals surface area contributed by atoms with E-state index in [1.165, 1.54) is 23.7 Å². The van der Waals surface area contributed by atoms with E-state index in [4.69, 9.17) is 4.98 Å². The summed E-state index contributed by atoms with van der Waals surface area (Å²) in [6.45, 7) is 9.10. The number of benzene rings is 1. The zero-order chi connectivity index (χ0) is 19.7. The summed E-state index contributed by atoms with van der Waals surface area (Å²) < 4.78 is 0. The van der Waals surface area contributed by atoms with Crippen LogP contribution < -0.4 is 10.9 Å². The van der Waals surface area contributed by atoms with Gasteiger partial charge in [0.25, 0.3) is 5.56 Å². The van der Waals surface area contributed by atoms with Crippen LogP contribution in [0.25, 0.3) is 11.0 Å². The molecule has 1 saturated heterocycles. The molecule has 2 atom stereocenters. The minimum absolute atomic E-state index is 0.0135. The number of H-pyrrole nitrogens is 1. The van der Waals surface area contributed by atoms with Crippen molar-refractivity contribution in [3.63, 3.8) is 0 Å². The van der Waals surface area contributed by atoms with Gasteiger partial charge in [-0.05, 0) is 18.4 Å². The molecule has 1 aromatic carbocycles. The van der Waals surface area contributed by atoms with E-state index >= 15 is 0 Å². The van der Waals surface area contributed by atoms with Gasteiger partial charge in [0.15, 0.2) is 5.65 Å². The molecule has 146 valence electrons. The van der Waals surface area contributed by atoms with Crippen LogP contribution >= 0.6 is 0 Å². The molecular formula is C21H26N6O. The standard InChI is InChI=1S/C21H26N6O/c1-13(2)18(20-25-19-16(21(28)26-20)10-23-12-24-19)27-9-8-22-11-17(27)15-6-4-14(3)5-7-15/h4-7,10,12-13,17-18,22H,8-9,11H2,1-3H3,(H,23,24,25,26,28). The fraction of sp³-hybridized carbons (Fsp3) is 0.429. The molecule has 0 bridgehead atoms. The third-order valence-electron chi connectivity index (χ3n) is 5.42. The topological polar surface area (TPSA) is 86.8 Å². The van der Waals surface area contributed by atoms with E-state index in [2.05, 4.69) is 70.2 Å². The number of piperazine rings is 1. The Hall–Kier alpha value is -2.64. The predicted octanol–water partition coefficient (Wildman–Crippen LogP) is 2.37. The molecule has 1 fully saturated rings. The molecule has 2 N–H and O–H groups in total. The van der Waals surface area contributed by atoms with Gasteiger partial charge < -0.3 is 10.3 Å². The molecule has 28 heavy (non-hydrogen) atoms. The molecule has 2 aromatic heterocycles. The molecule has 0 radical (unpaired) electrons. The van der Waals surface area contributed by atoms with Crippen LogP contribution in [0.2, 0.25) is 0 Å². The lowest BCUT2D eigenvalue weighted by molar-refractivity contribution is 0.0728. The van der Waals surface area contributed by atoms with Crippen molar-refractivity contribution in [2.45, 2.75) is 32.9 Å². The Morgan fingerprint density at radius 1 is 1.21 bits per heavy atom. The lowest BCUT2D eigenvalue weighted by Crippen LogP contribution is -2.49. The quantitative estimate of drug-likeness (QED) is 0.725. The zero-order valence-electron chi connectivity index (χ0n) is 16.5. The summed E-state index contributed by atoms with van der Waals surface area (Å²) >= 11 is 0. The highest BCUT2D eigenvalue weighted by atomic mass is 16.1. The van der Waals surface area contributed by atoms with Gasteiger partial charge in [-0.3, -0.25) is 9.69 Å². The maximum Gasteiger partial charge on any atom is 0.262 e. The molecule has 1 aliphatic rings. The van der Waals surface area contributed by atoms with Crippen molar-refractivity contribution in [1.82, 2.24) is 30.2 Å². The van der Waals surface area contributed by atoms with E-state index < -0.39 is 0 Å². The van der Waals surface area contributed by atoms with Crippen LogP contribution in [0, 0.1) is 12.8 Å². The summed E-state index contributed by atoms with van der Waals surface area (Å²) in [5, 5.41) is 3.93. The summed E-state index contributed by atoms with van der Waals surface area (Å²) in [5.41, 5.74) is 2.78. The maximum atomic E-state index is 12.6. The summed E-state index contributed by atoms with van der Waals surface area (Å²) in [5.74, 6) is 0.943. The van der Waals surface area contributed by atoms with Gasteiger partial charge in [-0.15, -0.1) is 0 Å². The molecule has 1 aliphatic heterocycles. The summed E-state index contributed by atoms with van der Waals surface area (Å²) in [4.78, 5) is 30.9. The summed E-state index contributed by atoms with van der Waals surface area (Å²) in [6, 6.07) is 8.90. The maximum absolute atomic E-state index is 12.6. The highest BCUT2D eigenvalue weighted by Crippen LogP contribution is 2.35. The number of rotatable bonds is 4. The number of hydrogen-bond acceptors (Lipinski definition) is 6. The summed E-state index contributed by atoms with van der Waals surface area (Å²) in [7, 11) is 0. The Morgan fingerprint density at radius 2 is 2.00 bits per heavy atom. The predicted molar refractivity (Wildman–Crippen MR) is 109 cm³/mol. The van der Waals surface area contributed by atoms with Crippen LogP contribution in [-0.2, 0) is 0 Å². The first kappa shape index (κ1) is 18.7. The molecule has 0 aliphatic carbocycles. The Labute approximate surface area is 164 Å². The fourth-order valence-corrected chi connectivity index (χ4v) is 4.04. The fourth-order valence-electron chi connectivity index (χ4n) is 4.04. The van der Waals surface area contributed by atoms with Crippen molar-refractivity contribution < 1.29 is 0 Å². The molecule has 0 spiro atoms. The zero-order valence-corrected chi connectivity index (χ0v) is 16.5. The number of fused-ring (bicyclic) bond motifs is 1. The Balaban J connectivity index is 1.77. The van der Waals surface area contributed by atoms with Crippen LogP contribution in [0.5, 0.6) is 0 Å². The second kappa shape index (κ2) is 7.77. The van der Waals surface area contributed by atoms with Gasteiger partial charge >= 0.3 is 0 Å². The lowest BCUT2D eigenvalue weighted by Gasteiger charge is -2.43. The van der Waals surface area contributed by atoms with E-state index in [1.54, 1.807) is 0 Å². The largest absolute Gasteiger partial charge is 0.314 e. The number of nitrogens with zero attached hydrogens (tertiary/aromatic N) is 4. The van der Waals surface area contributed by atoms with Gasteiger partial charge in [0.2, 0.25) is 0 Å². The highest BCUT2D eigenvalue weighted by molar-refractivity contribution is 5.71. The van der Waals surface area contributed by atoms with Crippen LogP contribution in [0.4, 0.5) is 0 Å². The summed E-state index contributed by atoms with van der Waals surface area (Å²) in [6.07, 6.45) is 2.95. The molecule has 0 amide bonds. The second-order valence-corrected chi connectivity index (χ2v) is 7.77. The van der Waals surface area contributed by atoms with Gasteiger partial charge in [0.1, 0.15) is 17.5 Å². The molecule has 0 saturated carbocycles. The minimum Gasteiger partial charge on any atom is -0.314 e. The van der Waals surface area contributed by atoms with E-state index in [-0.39, 0.29) is 23.6 Å². The van der Waals surface area contributed by atoms with Crippen molar-refractivity contribution >= 4 is 11.0 Å². The molecule has 3 aromatic rings. The first-order chi connectivity index (χ1) is 13.5. The SMILES string of the molecule is Cc1ccc(C2CNCCN2C(c2nc3ncncc3c(=O)[nH]2)C(C)C)cc1. The second-order valence-electron chi connectivity index (χ2n) is 7.77. The average molecular weight is 378 g/mol. The van der Waals surface area contributed by atoms with E-state index in [0.29, 0.717) is 16.9 Å². The van der Waals surface area contributed by atoms with Gasteiger partial charge in [0, 0.05) is 31.9 Å². The van der Waals surface area contributed by atoms with Gasteiger partial charge in [0.05, 0.1) is 6.04 Å². The van der Waals surface area contributed by atoms with E-state index in [1.807, 2.05) is 0 Å². The number of aromatic nitrogens is 4. The minimum atomic E-state index is -0.187. The highest BCUT2D eigenvalue weighted by Gasteiger charge is 2.34. The number of aromatic amines is 1. The average Bonchev–Trinajstić information content (AvgIpc) is 2.69. The van der Waals surface area contributed by atoms with Gasteiger partial charge in [-0.25, -0.2) is 15.0 Å². The van der Waals surface area contributed by atoms with Crippen LogP contribution in [0.1, 0.15) is 42.9 Å². The number of nitrogens with one attached hydrogen (secondary N) is 2. The van der Waals surface area contributed by atoms with E-state index in [9.17, 15) is 4.79 Å². The van der Waals surface area contributed by atoms with Gasteiger partial charge in [-0.2, -0.15) is 0 Å². The third kappa shape index (κ3) is 3.55. The number of aryl methyl sites for hydroxylation is 1.